The summed E-state index contributed by atoms with van der Waals surface area (Å²) in [6.07, 6.45) is 13.4. The first kappa shape index (κ1) is 81.8. The van der Waals surface area contributed by atoms with E-state index in [9.17, 15) is 39.6 Å². The van der Waals surface area contributed by atoms with Crippen molar-refractivity contribution in [3.63, 3.8) is 0 Å². The topological polar surface area (TPSA) is 290 Å². The van der Waals surface area contributed by atoms with E-state index >= 15 is 0 Å². The molecule has 5 fully saturated rings. The number of carbonyl (C=O) groups is 3. The van der Waals surface area contributed by atoms with Gasteiger partial charge in [0.25, 0.3) is 47.8 Å². The largest absolute Gasteiger partial charge is 0.357 e. The number of nitrogens with one attached hydrogen (secondary N) is 3. The van der Waals surface area contributed by atoms with Crippen molar-refractivity contribution < 1.29 is 39.6 Å². The zero-order valence-electron chi connectivity index (χ0n) is 66.9. The van der Waals surface area contributed by atoms with Gasteiger partial charge in [0, 0.05) is 107 Å². The Morgan fingerprint density at radius 2 is 0.789 bits per heavy atom. The lowest BCUT2D eigenvalue weighted by Gasteiger charge is -2.35. The van der Waals surface area contributed by atoms with E-state index < -0.39 is 47.8 Å². The third kappa shape index (κ3) is 18.6. The molecule has 0 bridgehead atoms. The van der Waals surface area contributed by atoms with Gasteiger partial charge in [0.15, 0.2) is 15.1 Å². The van der Waals surface area contributed by atoms with Crippen LogP contribution in [0, 0.1) is 17.8 Å². The average molecular weight is 1600 g/mol. The lowest BCUT2D eigenvalue weighted by Crippen LogP contribution is -2.47. The van der Waals surface area contributed by atoms with E-state index in [4.69, 9.17) is 0 Å². The molecule has 3 amide bonds. The fraction of sp³-hybridized carbons (Fsp3) is 0.430. The molecule has 3 atom stereocenters. The molecule has 6 aliphatic rings. The maximum atomic E-state index is 13.4. The van der Waals surface area contributed by atoms with Gasteiger partial charge in [-0.1, -0.05) is 125 Å². The van der Waals surface area contributed by atoms with Crippen molar-refractivity contribution in [3.05, 3.63) is 210 Å². The van der Waals surface area contributed by atoms with Crippen LogP contribution in [-0.4, -0.2) is 160 Å². The summed E-state index contributed by atoms with van der Waals surface area (Å²) in [6.45, 7) is 30.9. The maximum absolute atomic E-state index is 13.4. The fourth-order valence-corrected chi connectivity index (χ4v) is 20.3. The molecular weight excluding hydrogens is 1500 g/mol. The first-order valence-electron chi connectivity index (χ1n) is 39.7. The first-order valence-corrected chi connectivity index (χ1v) is 44.1. The van der Waals surface area contributed by atoms with Gasteiger partial charge in [-0.2, -0.15) is 25.3 Å². The summed E-state index contributed by atoms with van der Waals surface area (Å²) < 4.78 is 86.4. The Kier molecular flexibility index (Phi) is 24.5. The zero-order chi connectivity index (χ0) is 80.9. The fourth-order valence-electron chi connectivity index (χ4n) is 17.5. The molecule has 114 heavy (non-hydrogen) atoms. The number of unbranched alkanes of at least 4 members (excludes halogenated alkanes) is 2. The summed E-state index contributed by atoms with van der Waals surface area (Å²) >= 11 is 0. The second-order valence-corrected chi connectivity index (χ2v) is 38.0. The van der Waals surface area contributed by atoms with Crippen molar-refractivity contribution in [1.82, 2.24) is 49.0 Å². The molecule has 0 radical (unpaired) electrons. The lowest BCUT2D eigenvalue weighted by atomic mass is 9.89. The summed E-state index contributed by atoms with van der Waals surface area (Å²) in [5, 5.41) is 1.90. The first-order chi connectivity index (χ1) is 54.4. The molecule has 25 nitrogen and oxygen atoms in total. The maximum Gasteiger partial charge on any atom is 0.281 e. The van der Waals surface area contributed by atoms with Crippen molar-refractivity contribution in [2.24, 2.45) is 17.8 Å². The highest BCUT2D eigenvalue weighted by Crippen LogP contribution is 2.41. The van der Waals surface area contributed by atoms with Gasteiger partial charge in [-0.3, -0.25) is 19.3 Å². The number of hydrogen-bond donors (Lipinski definition) is 3. The lowest BCUT2D eigenvalue weighted by molar-refractivity contribution is 0.0972. The van der Waals surface area contributed by atoms with E-state index in [2.05, 4.69) is 191 Å². The van der Waals surface area contributed by atoms with E-state index in [1.807, 2.05) is 35.2 Å². The van der Waals surface area contributed by atoms with Crippen LogP contribution in [-0.2, 0) is 43.2 Å². The van der Waals surface area contributed by atoms with Crippen molar-refractivity contribution >= 4 is 93.5 Å². The van der Waals surface area contributed by atoms with Crippen molar-refractivity contribution in [1.29, 1.82) is 0 Å². The van der Waals surface area contributed by atoms with Gasteiger partial charge >= 0.3 is 0 Å². The Hall–Kier alpha value is -10.2. The number of hydrogen-bond acceptors (Lipinski definition) is 22. The standard InChI is InChI=1S/C30H31N5O3S.C29H35N5O3S.C27H40N6O3S/c1-20-16-30(2,3)35(17-20)28-24(12-7-15-31-28)29(36)33-39(37,38)26-14-6-13-25(32-26)34-18-22-10-4-8-21-9-5-11-23(19-34)27(21)22;1-21-19-29(2,3)34(20-21)27-24(11-8-16-30-27)28(35)32-38(36,37)26-13-7-12-25(31-26)33-17-14-23(15-18-33)22-9-5-4-6-10-22;1-5-6-7-14-31-15-17-32(18-16-31)23-11-8-12-24(29-23)37(35,36)30-26(34)22-10-9-13-28-25(22)33-20-21(2)19-27(33,3)4/h4-15,20H,16-19H2,1-3H3,(H,33,36);4-13,16,21,23H,14-15,17-20H2,1-3H3,(H,32,35);8-13,21H,5-7,14-20H2,1-4H3,(H,30,34). The molecule has 6 aromatic heterocycles. The monoisotopic (exact) mass is 1600 g/mol. The third-order valence-corrected chi connectivity index (χ3v) is 26.4. The van der Waals surface area contributed by atoms with Crippen LogP contribution in [0.4, 0.5) is 34.9 Å². The predicted octanol–water partition coefficient (Wildman–Crippen LogP) is 13.0. The van der Waals surface area contributed by atoms with Crippen LogP contribution < -0.4 is 43.6 Å². The number of aromatic nitrogens is 6. The van der Waals surface area contributed by atoms with E-state index in [1.54, 1.807) is 79.3 Å². The molecule has 3 unspecified atom stereocenters. The van der Waals surface area contributed by atoms with E-state index in [0.29, 0.717) is 71.7 Å². The molecule has 28 heteroatoms. The Balaban J connectivity index is 0.000000149. The van der Waals surface area contributed by atoms with Crippen molar-refractivity contribution in [2.75, 3.05) is 94.8 Å². The Morgan fingerprint density at radius 3 is 1.16 bits per heavy atom. The summed E-state index contributed by atoms with van der Waals surface area (Å²) in [6, 6.07) is 47.4. The van der Waals surface area contributed by atoms with E-state index in [1.165, 1.54) is 64.9 Å². The molecule has 5 saturated heterocycles. The Morgan fingerprint density at radius 1 is 0.421 bits per heavy atom. The van der Waals surface area contributed by atoms with Gasteiger partial charge in [-0.05, 0) is 211 Å². The normalized spacial score (nSPS) is 19.5. The number of carbonyl (C=O) groups excluding carboxylic acids is 3. The van der Waals surface area contributed by atoms with Crippen molar-refractivity contribution in [2.45, 2.75) is 171 Å². The highest BCUT2D eigenvalue weighted by atomic mass is 32.2. The zero-order valence-corrected chi connectivity index (χ0v) is 69.4. The number of sulfonamides is 3. The highest BCUT2D eigenvalue weighted by Gasteiger charge is 2.43. The predicted molar refractivity (Wildman–Crippen MR) is 448 cm³/mol. The van der Waals surface area contributed by atoms with Crippen LogP contribution in [0.5, 0.6) is 0 Å². The molecule has 9 aromatic rings. The van der Waals surface area contributed by atoms with Crippen LogP contribution in [0.25, 0.3) is 10.8 Å². The molecule has 3 aromatic carbocycles. The molecule has 12 heterocycles. The highest BCUT2D eigenvalue weighted by molar-refractivity contribution is 7.90. The summed E-state index contributed by atoms with van der Waals surface area (Å²) in [7, 11) is -12.6. The van der Waals surface area contributed by atoms with Gasteiger partial charge in [-0.25, -0.2) is 44.1 Å². The smallest absolute Gasteiger partial charge is 0.281 e. The molecule has 0 spiro atoms. The quantitative estimate of drug-likeness (QED) is 0.0597. The van der Waals surface area contributed by atoms with Gasteiger partial charge in [0.1, 0.15) is 34.9 Å². The van der Waals surface area contributed by atoms with E-state index in [0.717, 1.165) is 97.6 Å². The van der Waals surface area contributed by atoms with Crippen LogP contribution in [0.2, 0.25) is 0 Å². The number of nitrogens with zero attached hydrogens (tertiary/aromatic N) is 13. The number of benzene rings is 3. The van der Waals surface area contributed by atoms with Crippen LogP contribution >= 0.6 is 0 Å². The van der Waals surface area contributed by atoms with Gasteiger partial charge in [-0.15, -0.1) is 0 Å². The van der Waals surface area contributed by atoms with Crippen LogP contribution in [0.15, 0.2) is 191 Å². The summed E-state index contributed by atoms with van der Waals surface area (Å²) in [5.74, 6) is 2.90. The van der Waals surface area contributed by atoms with Gasteiger partial charge in [0.05, 0.1) is 16.7 Å². The van der Waals surface area contributed by atoms with Gasteiger partial charge in [0.2, 0.25) is 0 Å². The number of rotatable bonds is 20. The number of piperazine rings is 1. The molecule has 0 aliphatic carbocycles. The SMILES string of the molecule is CC1CN(c2ncccc2C(=O)NS(=O)(=O)c2cccc(N3CCC(c4ccccc4)CC3)n2)C(C)(C)C1.CC1CN(c2ncccc2C(=O)NS(=O)(=O)c2cccc(N3Cc4cccc5cccc(c45)C3)n2)C(C)(C)C1.CCCCCN1CCN(c2cccc(S(=O)(=O)NC(=O)c3cccnc3N3CC(C)CC3(C)C)n2)CC1. The number of amides is 3. The minimum absolute atomic E-state index is 0.163. The molecule has 3 N–H and O–H groups in total. The molecule has 6 aliphatic heterocycles. The molecule has 15 rings (SSSR count). The third-order valence-electron chi connectivity index (χ3n) is 22.7. The van der Waals surface area contributed by atoms with Crippen molar-refractivity contribution in [3.8, 4) is 0 Å². The molecule has 602 valence electrons. The molecule has 0 saturated carbocycles. The minimum atomic E-state index is -4.23. The van der Waals surface area contributed by atoms with Crippen LogP contribution in [0.3, 0.4) is 0 Å². The van der Waals surface area contributed by atoms with Gasteiger partial charge < -0.3 is 29.4 Å². The second-order valence-electron chi connectivity index (χ2n) is 33.1. The Labute approximate surface area is 671 Å². The number of piperidine rings is 1. The summed E-state index contributed by atoms with van der Waals surface area (Å²) in [4.78, 5) is 81.6. The molecular formula is C86H106N16O9S3. The Bertz CT molecular complexity index is 5290. The number of pyridine rings is 6. The number of anilines is 6. The average Bonchev–Trinajstić information content (AvgIpc) is 1.53. The van der Waals surface area contributed by atoms with E-state index in [-0.39, 0.29) is 48.4 Å². The minimum Gasteiger partial charge on any atom is -0.357 e. The second kappa shape index (κ2) is 34.1. The van der Waals surface area contributed by atoms with Crippen LogP contribution in [0.1, 0.15) is 174 Å². The summed E-state index contributed by atoms with van der Waals surface area (Å²) in [5.41, 5.74) is 3.79.